The predicted octanol–water partition coefficient (Wildman–Crippen LogP) is 6.16. The summed E-state index contributed by atoms with van der Waals surface area (Å²) in [5.41, 5.74) is 5.11. The molecule has 4 aromatic rings. The molecular formula is C35H30N4O5. The van der Waals surface area contributed by atoms with Gasteiger partial charge in [0.25, 0.3) is 11.8 Å². The summed E-state index contributed by atoms with van der Waals surface area (Å²) < 4.78 is 18.5. The standard InChI is InChI=1S/C35H30N4O5/c1-21(2)44-27-11-12-28(22(3)14-27)33-25(19-39(37-33)26-8-6-5-7-9-26)16-29-23(4)30(17-36)35(41)38(34(29)40)18-24-10-13-31-32(15-24)43-20-42-31/h5-16,19,21H,18,20H2,1-4H3/b29-16+. The van der Waals surface area contributed by atoms with Crippen LogP contribution >= 0.6 is 0 Å². The number of ether oxygens (including phenoxy) is 3. The molecule has 0 saturated heterocycles. The van der Waals surface area contributed by atoms with Gasteiger partial charge in [0.1, 0.15) is 23.1 Å². The summed E-state index contributed by atoms with van der Waals surface area (Å²) in [7, 11) is 0. The molecule has 1 aromatic heterocycles. The van der Waals surface area contributed by atoms with Crippen LogP contribution in [0.5, 0.6) is 17.2 Å². The number of aromatic nitrogens is 2. The Morgan fingerprint density at radius 3 is 2.50 bits per heavy atom. The summed E-state index contributed by atoms with van der Waals surface area (Å²) in [6.07, 6.45) is 3.59. The molecule has 9 nitrogen and oxygen atoms in total. The maximum atomic E-state index is 14.0. The summed E-state index contributed by atoms with van der Waals surface area (Å²) >= 11 is 0. The lowest BCUT2D eigenvalue weighted by Gasteiger charge is -2.27. The second-order valence-electron chi connectivity index (χ2n) is 10.9. The molecule has 0 N–H and O–H groups in total. The van der Waals surface area contributed by atoms with Gasteiger partial charge in [0.05, 0.1) is 18.3 Å². The number of hydrogen-bond donors (Lipinski definition) is 0. The Kier molecular flexibility index (Phi) is 7.50. The first-order chi connectivity index (χ1) is 21.2. The van der Waals surface area contributed by atoms with E-state index in [9.17, 15) is 14.9 Å². The normalized spacial score (nSPS) is 15.4. The van der Waals surface area contributed by atoms with Crippen molar-refractivity contribution in [2.45, 2.75) is 40.3 Å². The van der Waals surface area contributed by atoms with Gasteiger partial charge in [-0.2, -0.15) is 10.4 Å². The lowest BCUT2D eigenvalue weighted by Crippen LogP contribution is -2.42. The minimum Gasteiger partial charge on any atom is -0.491 e. The van der Waals surface area contributed by atoms with Crippen LogP contribution in [-0.2, 0) is 16.1 Å². The molecule has 0 bridgehead atoms. The minimum absolute atomic E-state index is 0.0301. The fourth-order valence-electron chi connectivity index (χ4n) is 5.31. The van der Waals surface area contributed by atoms with Crippen molar-refractivity contribution in [3.63, 3.8) is 0 Å². The van der Waals surface area contributed by atoms with E-state index >= 15 is 0 Å². The smallest absolute Gasteiger partial charge is 0.271 e. The van der Waals surface area contributed by atoms with Crippen LogP contribution in [0.15, 0.2) is 89.6 Å². The van der Waals surface area contributed by atoms with Gasteiger partial charge in [-0.1, -0.05) is 24.3 Å². The average molecular weight is 587 g/mol. The molecule has 0 spiro atoms. The monoisotopic (exact) mass is 586 g/mol. The number of hydrogen-bond acceptors (Lipinski definition) is 7. The number of aryl methyl sites for hydroxylation is 1. The zero-order valence-electron chi connectivity index (χ0n) is 24.8. The number of para-hydroxylation sites is 1. The van der Waals surface area contributed by atoms with Crippen LogP contribution in [-0.4, -0.2) is 39.4 Å². The number of fused-ring (bicyclic) bond motifs is 1. The van der Waals surface area contributed by atoms with Crippen molar-refractivity contribution >= 4 is 17.9 Å². The van der Waals surface area contributed by atoms with E-state index in [1.807, 2.05) is 81.6 Å². The molecule has 0 saturated carbocycles. The number of amides is 2. The van der Waals surface area contributed by atoms with Gasteiger partial charge < -0.3 is 14.2 Å². The van der Waals surface area contributed by atoms with E-state index in [0.717, 1.165) is 27.5 Å². The minimum atomic E-state index is -0.637. The second-order valence-corrected chi connectivity index (χ2v) is 10.9. The zero-order valence-corrected chi connectivity index (χ0v) is 24.8. The molecule has 2 amide bonds. The van der Waals surface area contributed by atoms with Gasteiger partial charge in [0, 0.05) is 22.9 Å². The Bertz CT molecular complexity index is 1900. The Hall–Kier alpha value is -5.62. The van der Waals surface area contributed by atoms with E-state index in [2.05, 4.69) is 0 Å². The summed E-state index contributed by atoms with van der Waals surface area (Å²) in [5, 5.41) is 14.9. The number of carbonyl (C=O) groups excluding carboxylic acids is 2. The fraction of sp³-hybridized carbons (Fsp3) is 0.200. The molecule has 220 valence electrons. The van der Waals surface area contributed by atoms with Crippen molar-refractivity contribution in [3.05, 3.63) is 106 Å². The summed E-state index contributed by atoms with van der Waals surface area (Å²) in [6, 6.07) is 22.7. The molecule has 0 radical (unpaired) electrons. The molecule has 6 rings (SSSR count). The van der Waals surface area contributed by atoms with Crippen LogP contribution in [0.3, 0.4) is 0 Å². The van der Waals surface area contributed by atoms with Gasteiger partial charge in [-0.05, 0) is 92.9 Å². The van der Waals surface area contributed by atoms with Crippen molar-refractivity contribution < 1.29 is 23.8 Å². The summed E-state index contributed by atoms with van der Waals surface area (Å²) in [4.78, 5) is 28.4. The van der Waals surface area contributed by atoms with Gasteiger partial charge in [0.15, 0.2) is 11.5 Å². The molecule has 3 heterocycles. The first kappa shape index (κ1) is 28.5. The Labute approximate surface area is 255 Å². The number of nitriles is 1. The Balaban J connectivity index is 1.45. The van der Waals surface area contributed by atoms with E-state index in [1.54, 1.807) is 35.9 Å². The van der Waals surface area contributed by atoms with Crippen molar-refractivity contribution in [2.75, 3.05) is 6.79 Å². The Morgan fingerprint density at radius 2 is 1.77 bits per heavy atom. The lowest BCUT2D eigenvalue weighted by atomic mass is 9.92. The highest BCUT2D eigenvalue weighted by atomic mass is 16.7. The molecule has 2 aliphatic rings. The maximum absolute atomic E-state index is 14.0. The van der Waals surface area contributed by atoms with E-state index in [1.165, 1.54) is 0 Å². The SMILES string of the molecule is CC1=C(C#N)C(=O)N(Cc2ccc3c(c2)OCO3)C(=O)/C1=C/c1cn(-c2ccccc2)nc1-c1ccc(OC(C)C)cc1C. The van der Waals surface area contributed by atoms with Crippen LogP contribution in [0.2, 0.25) is 0 Å². The van der Waals surface area contributed by atoms with Gasteiger partial charge in [-0.15, -0.1) is 0 Å². The van der Waals surface area contributed by atoms with Crippen LogP contribution < -0.4 is 14.2 Å². The quantitative estimate of drug-likeness (QED) is 0.189. The number of carbonyl (C=O) groups is 2. The van der Waals surface area contributed by atoms with Gasteiger partial charge in [-0.25, -0.2) is 4.68 Å². The first-order valence-electron chi connectivity index (χ1n) is 14.2. The lowest BCUT2D eigenvalue weighted by molar-refractivity contribution is -0.141. The first-order valence-corrected chi connectivity index (χ1v) is 14.2. The molecule has 2 aliphatic heterocycles. The third kappa shape index (κ3) is 5.34. The molecule has 44 heavy (non-hydrogen) atoms. The molecule has 0 aliphatic carbocycles. The molecular weight excluding hydrogens is 556 g/mol. The summed E-state index contributed by atoms with van der Waals surface area (Å²) in [5.74, 6) is 0.754. The maximum Gasteiger partial charge on any atom is 0.271 e. The van der Waals surface area contributed by atoms with Crippen molar-refractivity contribution in [1.82, 2.24) is 14.7 Å². The van der Waals surface area contributed by atoms with E-state index in [0.29, 0.717) is 33.9 Å². The van der Waals surface area contributed by atoms with Crippen molar-refractivity contribution in [2.24, 2.45) is 0 Å². The van der Waals surface area contributed by atoms with Crippen LogP contribution in [0.1, 0.15) is 37.5 Å². The number of benzene rings is 3. The molecule has 9 heteroatoms. The van der Waals surface area contributed by atoms with Gasteiger partial charge >= 0.3 is 0 Å². The van der Waals surface area contributed by atoms with Crippen molar-refractivity contribution in [3.8, 4) is 40.3 Å². The predicted molar refractivity (Wildman–Crippen MR) is 164 cm³/mol. The highest BCUT2D eigenvalue weighted by Gasteiger charge is 2.36. The highest BCUT2D eigenvalue weighted by molar-refractivity contribution is 6.19. The van der Waals surface area contributed by atoms with Crippen molar-refractivity contribution in [1.29, 1.82) is 5.26 Å². The second kappa shape index (κ2) is 11.6. The molecule has 0 unspecified atom stereocenters. The van der Waals surface area contributed by atoms with E-state index < -0.39 is 11.8 Å². The van der Waals surface area contributed by atoms with Crippen LogP contribution in [0.4, 0.5) is 0 Å². The van der Waals surface area contributed by atoms with Crippen LogP contribution in [0.25, 0.3) is 23.0 Å². The highest BCUT2D eigenvalue weighted by Crippen LogP contribution is 2.36. The largest absolute Gasteiger partial charge is 0.491 e. The fourth-order valence-corrected chi connectivity index (χ4v) is 5.31. The third-order valence-electron chi connectivity index (χ3n) is 7.49. The summed E-state index contributed by atoms with van der Waals surface area (Å²) in [6.45, 7) is 7.64. The number of rotatable bonds is 7. The Morgan fingerprint density at radius 1 is 1.00 bits per heavy atom. The molecule has 0 atom stereocenters. The third-order valence-corrected chi connectivity index (χ3v) is 7.49. The zero-order chi connectivity index (χ0) is 31.0. The number of nitrogens with zero attached hydrogens (tertiary/aromatic N) is 4. The molecule has 3 aromatic carbocycles. The van der Waals surface area contributed by atoms with Crippen LogP contribution in [0, 0.1) is 18.3 Å². The average Bonchev–Trinajstić information content (AvgIpc) is 3.65. The number of imide groups is 1. The van der Waals surface area contributed by atoms with Gasteiger partial charge in [-0.3, -0.25) is 14.5 Å². The topological polar surface area (TPSA) is 107 Å². The van der Waals surface area contributed by atoms with E-state index in [-0.39, 0.29) is 30.6 Å². The van der Waals surface area contributed by atoms with E-state index in [4.69, 9.17) is 19.3 Å². The van der Waals surface area contributed by atoms with Gasteiger partial charge in [0.2, 0.25) is 6.79 Å². The molecule has 0 fully saturated rings.